The van der Waals surface area contributed by atoms with Gasteiger partial charge in [0, 0.05) is 18.5 Å². The first-order valence-electron chi connectivity index (χ1n) is 6.09. The van der Waals surface area contributed by atoms with E-state index in [1.54, 1.807) is 18.0 Å². The molecule has 2 rings (SSSR count). The Morgan fingerprint density at radius 2 is 2.17 bits per heavy atom. The van der Waals surface area contributed by atoms with Crippen molar-refractivity contribution in [2.75, 3.05) is 13.6 Å². The fourth-order valence-electron chi connectivity index (χ4n) is 1.90. The third-order valence-electron chi connectivity index (χ3n) is 3.20. The van der Waals surface area contributed by atoms with Crippen LogP contribution in [-0.2, 0) is 0 Å². The predicted molar refractivity (Wildman–Crippen MR) is 71.4 cm³/mol. The van der Waals surface area contributed by atoms with Crippen molar-refractivity contribution in [2.24, 2.45) is 5.73 Å². The molecular weight excluding hydrogens is 228 g/mol. The summed E-state index contributed by atoms with van der Waals surface area (Å²) in [5, 5.41) is 0.945. The summed E-state index contributed by atoms with van der Waals surface area (Å²) >= 11 is 0. The highest BCUT2D eigenvalue weighted by atomic mass is 16.3. The first-order valence-corrected chi connectivity index (χ1v) is 6.09. The van der Waals surface area contributed by atoms with E-state index in [0.29, 0.717) is 12.3 Å². The van der Waals surface area contributed by atoms with Gasteiger partial charge in [0.2, 0.25) is 0 Å². The Balaban J connectivity index is 2.22. The van der Waals surface area contributed by atoms with Crippen molar-refractivity contribution in [3.8, 4) is 0 Å². The molecule has 1 aromatic heterocycles. The summed E-state index contributed by atoms with van der Waals surface area (Å²) in [4.78, 5) is 13.9. The Morgan fingerprint density at radius 1 is 1.44 bits per heavy atom. The molecule has 0 saturated heterocycles. The van der Waals surface area contributed by atoms with Crippen molar-refractivity contribution < 1.29 is 9.21 Å². The van der Waals surface area contributed by atoms with Gasteiger partial charge in [-0.25, -0.2) is 0 Å². The SMILES string of the molecule is CC(CCN)N(C)C(=O)c1cc2ccccc2o1. The van der Waals surface area contributed by atoms with Crippen molar-refractivity contribution in [1.82, 2.24) is 4.90 Å². The van der Waals surface area contributed by atoms with Gasteiger partial charge in [-0.2, -0.15) is 0 Å². The van der Waals surface area contributed by atoms with Crippen molar-refractivity contribution >= 4 is 16.9 Å². The zero-order valence-corrected chi connectivity index (χ0v) is 10.7. The highest BCUT2D eigenvalue weighted by molar-refractivity contribution is 5.96. The molecule has 1 aromatic carbocycles. The van der Waals surface area contributed by atoms with E-state index >= 15 is 0 Å². The van der Waals surface area contributed by atoms with Gasteiger partial charge in [-0.1, -0.05) is 18.2 Å². The first kappa shape index (κ1) is 12.6. The summed E-state index contributed by atoms with van der Waals surface area (Å²) in [6.45, 7) is 2.55. The molecule has 2 aromatic rings. The van der Waals surface area contributed by atoms with Crippen molar-refractivity contribution in [3.05, 3.63) is 36.1 Å². The van der Waals surface area contributed by atoms with E-state index < -0.39 is 0 Å². The lowest BCUT2D eigenvalue weighted by atomic mass is 10.2. The number of amides is 1. The zero-order valence-electron chi connectivity index (χ0n) is 10.7. The molecule has 0 aliphatic heterocycles. The molecule has 4 heteroatoms. The van der Waals surface area contributed by atoms with Crippen molar-refractivity contribution in [3.63, 3.8) is 0 Å². The minimum atomic E-state index is -0.104. The van der Waals surface area contributed by atoms with Gasteiger partial charge < -0.3 is 15.1 Å². The van der Waals surface area contributed by atoms with Crippen LogP contribution in [0.5, 0.6) is 0 Å². The molecule has 0 fully saturated rings. The van der Waals surface area contributed by atoms with E-state index in [9.17, 15) is 4.79 Å². The molecule has 4 nitrogen and oxygen atoms in total. The quantitative estimate of drug-likeness (QED) is 0.900. The van der Waals surface area contributed by atoms with E-state index in [1.807, 2.05) is 31.2 Å². The standard InChI is InChI=1S/C14H18N2O2/c1-10(7-8-15)16(2)14(17)13-9-11-5-3-4-6-12(11)18-13/h3-6,9-10H,7-8,15H2,1-2H3. The lowest BCUT2D eigenvalue weighted by Gasteiger charge is -2.23. The molecule has 18 heavy (non-hydrogen) atoms. The van der Waals surface area contributed by atoms with Gasteiger partial charge in [-0.05, 0) is 32.0 Å². The Hall–Kier alpha value is -1.81. The van der Waals surface area contributed by atoms with Crippen LogP contribution in [0.4, 0.5) is 0 Å². The second-order valence-electron chi connectivity index (χ2n) is 4.49. The maximum Gasteiger partial charge on any atom is 0.289 e. The van der Waals surface area contributed by atoms with Crippen molar-refractivity contribution in [2.45, 2.75) is 19.4 Å². The number of hydrogen-bond acceptors (Lipinski definition) is 3. The minimum absolute atomic E-state index is 0.104. The number of hydrogen-bond donors (Lipinski definition) is 1. The number of furan rings is 1. The van der Waals surface area contributed by atoms with Gasteiger partial charge in [0.1, 0.15) is 5.58 Å². The van der Waals surface area contributed by atoms with Crippen LogP contribution in [0, 0.1) is 0 Å². The van der Waals surface area contributed by atoms with Crippen LogP contribution in [0.25, 0.3) is 11.0 Å². The predicted octanol–water partition coefficient (Wildman–Crippen LogP) is 2.24. The zero-order chi connectivity index (χ0) is 13.1. The molecule has 0 spiro atoms. The molecule has 1 amide bonds. The molecule has 96 valence electrons. The van der Waals surface area contributed by atoms with Gasteiger partial charge in [-0.3, -0.25) is 4.79 Å². The van der Waals surface area contributed by atoms with Gasteiger partial charge >= 0.3 is 0 Å². The molecule has 2 N–H and O–H groups in total. The fraction of sp³-hybridized carbons (Fsp3) is 0.357. The van der Waals surface area contributed by atoms with E-state index in [2.05, 4.69) is 0 Å². The maximum atomic E-state index is 12.2. The summed E-state index contributed by atoms with van der Waals surface area (Å²) in [7, 11) is 1.77. The molecule has 1 atom stereocenters. The number of benzene rings is 1. The molecule has 0 aliphatic rings. The number of carbonyl (C=O) groups is 1. The summed E-state index contributed by atoms with van der Waals surface area (Å²) in [5.41, 5.74) is 6.24. The Morgan fingerprint density at radius 3 is 2.83 bits per heavy atom. The van der Waals surface area contributed by atoms with Crippen LogP contribution in [0.2, 0.25) is 0 Å². The summed E-state index contributed by atoms with van der Waals surface area (Å²) in [6, 6.07) is 9.49. The second-order valence-corrected chi connectivity index (χ2v) is 4.49. The van der Waals surface area contributed by atoms with Crippen LogP contribution < -0.4 is 5.73 Å². The lowest BCUT2D eigenvalue weighted by molar-refractivity contribution is 0.0709. The number of rotatable bonds is 4. The Kier molecular flexibility index (Phi) is 3.67. The topological polar surface area (TPSA) is 59.5 Å². The third kappa shape index (κ3) is 2.38. The number of nitrogens with zero attached hydrogens (tertiary/aromatic N) is 1. The molecular formula is C14H18N2O2. The summed E-state index contributed by atoms with van der Waals surface area (Å²) in [6.07, 6.45) is 0.780. The highest BCUT2D eigenvalue weighted by Crippen LogP contribution is 2.20. The van der Waals surface area contributed by atoms with Crippen LogP contribution in [-0.4, -0.2) is 30.4 Å². The van der Waals surface area contributed by atoms with E-state index in [-0.39, 0.29) is 11.9 Å². The molecule has 1 unspecified atom stereocenters. The number of nitrogens with two attached hydrogens (primary N) is 1. The molecule has 0 radical (unpaired) electrons. The molecule has 0 aliphatic carbocycles. The number of carbonyl (C=O) groups excluding carboxylic acids is 1. The third-order valence-corrected chi connectivity index (χ3v) is 3.20. The molecule has 0 bridgehead atoms. The largest absolute Gasteiger partial charge is 0.451 e. The Bertz CT molecular complexity index is 514. The minimum Gasteiger partial charge on any atom is -0.451 e. The monoisotopic (exact) mass is 246 g/mol. The smallest absolute Gasteiger partial charge is 0.289 e. The molecule has 1 heterocycles. The van der Waals surface area contributed by atoms with Gasteiger partial charge in [0.15, 0.2) is 5.76 Å². The average Bonchev–Trinajstić information content (AvgIpc) is 2.81. The van der Waals surface area contributed by atoms with E-state index in [1.165, 1.54) is 0 Å². The molecule has 0 saturated carbocycles. The van der Waals surface area contributed by atoms with Gasteiger partial charge in [-0.15, -0.1) is 0 Å². The fourth-order valence-corrected chi connectivity index (χ4v) is 1.90. The summed E-state index contributed by atoms with van der Waals surface area (Å²) < 4.78 is 5.56. The van der Waals surface area contributed by atoms with Gasteiger partial charge in [0.25, 0.3) is 5.91 Å². The second kappa shape index (κ2) is 5.23. The normalized spacial score (nSPS) is 12.6. The average molecular weight is 246 g/mol. The first-order chi connectivity index (χ1) is 8.63. The maximum absolute atomic E-state index is 12.2. The van der Waals surface area contributed by atoms with Crippen LogP contribution in [0.15, 0.2) is 34.7 Å². The van der Waals surface area contributed by atoms with E-state index in [4.69, 9.17) is 10.2 Å². The summed E-state index contributed by atoms with van der Waals surface area (Å²) in [5.74, 6) is 0.273. The number of fused-ring (bicyclic) bond motifs is 1. The lowest BCUT2D eigenvalue weighted by Crippen LogP contribution is -2.36. The van der Waals surface area contributed by atoms with Crippen LogP contribution >= 0.6 is 0 Å². The van der Waals surface area contributed by atoms with Gasteiger partial charge in [0.05, 0.1) is 0 Å². The van der Waals surface area contributed by atoms with Crippen LogP contribution in [0.3, 0.4) is 0 Å². The highest BCUT2D eigenvalue weighted by Gasteiger charge is 2.20. The van der Waals surface area contributed by atoms with Crippen molar-refractivity contribution in [1.29, 1.82) is 0 Å². The van der Waals surface area contributed by atoms with E-state index in [0.717, 1.165) is 17.4 Å². The van der Waals surface area contributed by atoms with Crippen LogP contribution in [0.1, 0.15) is 23.9 Å². The Labute approximate surface area is 106 Å². The number of para-hydroxylation sites is 1.